The Morgan fingerprint density at radius 1 is 0.312 bits per heavy atom. The van der Waals surface area contributed by atoms with Gasteiger partial charge < -0.3 is 19.6 Å². The second-order valence-electron chi connectivity index (χ2n) is 22.6. The fourth-order valence-electron chi connectivity index (χ4n) is 11.9. The van der Waals surface area contributed by atoms with Crippen molar-refractivity contribution in [1.82, 2.24) is 0 Å². The summed E-state index contributed by atoms with van der Waals surface area (Å²) in [6, 6.07) is 96.6. The fourth-order valence-corrected chi connectivity index (χ4v) is 11.9. The molecule has 0 radical (unpaired) electrons. The summed E-state index contributed by atoms with van der Waals surface area (Å²) in [6.07, 6.45) is 0. The molecule has 0 spiro atoms. The van der Waals surface area contributed by atoms with Crippen LogP contribution in [-0.2, 0) is 10.8 Å². The Hall–Kier alpha value is -9.06. The van der Waals surface area contributed by atoms with E-state index in [4.69, 9.17) is 0 Å². The van der Waals surface area contributed by atoms with Gasteiger partial charge in [-0.3, -0.25) is 0 Å². The van der Waals surface area contributed by atoms with Gasteiger partial charge in [0.1, 0.15) is 0 Å². The number of anilines is 12. The van der Waals surface area contributed by atoms with Gasteiger partial charge in [0, 0.05) is 68.1 Å². The van der Waals surface area contributed by atoms with Crippen LogP contribution in [-0.4, -0.2) is 6.71 Å². The lowest BCUT2D eigenvalue weighted by atomic mass is 9.33. The average molecular weight is 993 g/mol. The van der Waals surface area contributed by atoms with Gasteiger partial charge in [0.15, 0.2) is 0 Å². The first-order valence-electron chi connectivity index (χ1n) is 27.0. The van der Waals surface area contributed by atoms with Gasteiger partial charge in [0.25, 0.3) is 6.71 Å². The molecule has 0 N–H and O–H groups in total. The third-order valence-electron chi connectivity index (χ3n) is 15.7. The molecule has 0 unspecified atom stereocenters. The molecule has 0 atom stereocenters. The zero-order chi connectivity index (χ0) is 52.4. The number of benzene rings is 11. The minimum atomic E-state index is -0.102. The van der Waals surface area contributed by atoms with Gasteiger partial charge in [-0.05, 0) is 164 Å². The van der Waals surface area contributed by atoms with Crippen molar-refractivity contribution in [2.45, 2.75) is 52.4 Å². The van der Waals surface area contributed by atoms with Crippen LogP contribution in [0.15, 0.2) is 261 Å². The molecule has 11 aromatic carbocycles. The first-order valence-corrected chi connectivity index (χ1v) is 27.0. The number of hydrogen-bond acceptors (Lipinski definition) is 4. The minimum absolute atomic E-state index is 0.00162. The number of hydrogen-bond donors (Lipinski definition) is 0. The third kappa shape index (κ3) is 8.44. The topological polar surface area (TPSA) is 13.0 Å². The Labute approximate surface area is 454 Å². The van der Waals surface area contributed by atoms with Gasteiger partial charge in [-0.25, -0.2) is 0 Å². The SMILES string of the molecule is CC(C)(C)c1ccc(N2c3cc(N(c4ccccc4)c4ccccc4)ccc3B3c4ccc(N(c5ccccc5)c5ccccc5)cc4N(c4ccc(C(C)(C)C)cc4-c4cccc5ccccc45)c4cccc2c43)cc1. The molecule has 0 saturated heterocycles. The second kappa shape index (κ2) is 19.0. The van der Waals surface area contributed by atoms with Gasteiger partial charge >= 0.3 is 0 Å². The summed E-state index contributed by atoms with van der Waals surface area (Å²) in [5.74, 6) is 0. The maximum absolute atomic E-state index is 2.60. The summed E-state index contributed by atoms with van der Waals surface area (Å²) in [7, 11) is 0. The monoisotopic (exact) mass is 992 g/mol. The minimum Gasteiger partial charge on any atom is -0.311 e. The lowest BCUT2D eigenvalue weighted by Gasteiger charge is -2.45. The summed E-state index contributed by atoms with van der Waals surface area (Å²) < 4.78 is 0. The zero-order valence-corrected chi connectivity index (χ0v) is 44.7. The first kappa shape index (κ1) is 47.6. The van der Waals surface area contributed by atoms with Crippen molar-refractivity contribution < 1.29 is 0 Å². The maximum Gasteiger partial charge on any atom is 0.252 e. The van der Waals surface area contributed by atoms with Crippen LogP contribution in [0.2, 0.25) is 0 Å². The Bertz CT molecular complexity index is 3870. The van der Waals surface area contributed by atoms with Crippen molar-refractivity contribution in [3.8, 4) is 11.1 Å². The van der Waals surface area contributed by atoms with Crippen LogP contribution >= 0.6 is 0 Å². The van der Waals surface area contributed by atoms with Gasteiger partial charge in [0.2, 0.25) is 0 Å². The van der Waals surface area contributed by atoms with Crippen LogP contribution in [0, 0.1) is 0 Å². The standard InChI is InChI=1S/C72H61BN4/c1-71(2,3)51-37-40-57(41-38-51)76-66-35-22-36-67-70(66)73(63-44-42-58(48-68(63)76)74(53-25-11-7-12-26-53)54-27-13-8-14-28-54)64-45-43-59(75(55-29-15-9-16-30-55)56-31-17-10-18-32-56)49-69(64)77(67)65-46-39-52(72(4,5)6)47-62(65)61-34-21-24-50-23-19-20-33-60(50)61/h7-49H,1-6H3. The normalized spacial score (nSPS) is 12.7. The Balaban J connectivity index is 1.11. The van der Waals surface area contributed by atoms with Crippen LogP contribution in [0.5, 0.6) is 0 Å². The molecule has 77 heavy (non-hydrogen) atoms. The molecular formula is C72H61BN4. The molecule has 2 heterocycles. The first-order chi connectivity index (χ1) is 37.5. The molecule has 0 amide bonds. The van der Waals surface area contributed by atoms with E-state index in [-0.39, 0.29) is 17.5 Å². The smallest absolute Gasteiger partial charge is 0.252 e. The van der Waals surface area contributed by atoms with Crippen LogP contribution in [0.3, 0.4) is 0 Å². The molecule has 13 rings (SSSR count). The molecule has 0 saturated carbocycles. The quantitative estimate of drug-likeness (QED) is 0.134. The molecule has 372 valence electrons. The van der Waals surface area contributed by atoms with Crippen molar-refractivity contribution in [3.63, 3.8) is 0 Å². The predicted octanol–water partition coefficient (Wildman–Crippen LogP) is 18.1. The number of fused-ring (bicyclic) bond motifs is 5. The summed E-state index contributed by atoms with van der Waals surface area (Å²) in [5.41, 5.74) is 22.1. The highest BCUT2D eigenvalue weighted by atomic mass is 15.2. The van der Waals surface area contributed by atoms with E-state index in [9.17, 15) is 0 Å². The van der Waals surface area contributed by atoms with Crippen LogP contribution in [0.25, 0.3) is 21.9 Å². The van der Waals surface area contributed by atoms with Crippen molar-refractivity contribution >= 4 is 102 Å². The van der Waals surface area contributed by atoms with E-state index < -0.39 is 0 Å². The molecule has 11 aromatic rings. The molecule has 5 heteroatoms. The van der Waals surface area contributed by atoms with Crippen molar-refractivity contribution in [1.29, 1.82) is 0 Å². The van der Waals surface area contributed by atoms with Gasteiger partial charge in [-0.1, -0.05) is 193 Å². The van der Waals surface area contributed by atoms with E-state index >= 15 is 0 Å². The third-order valence-corrected chi connectivity index (χ3v) is 15.7. The highest BCUT2D eigenvalue weighted by Crippen LogP contribution is 2.50. The van der Waals surface area contributed by atoms with E-state index in [2.05, 4.69) is 322 Å². The van der Waals surface area contributed by atoms with Crippen LogP contribution in [0.4, 0.5) is 68.2 Å². The van der Waals surface area contributed by atoms with Gasteiger partial charge in [0.05, 0.1) is 5.69 Å². The molecule has 2 aliphatic rings. The highest BCUT2D eigenvalue weighted by Gasteiger charge is 2.44. The Morgan fingerprint density at radius 3 is 1.27 bits per heavy atom. The lowest BCUT2D eigenvalue weighted by molar-refractivity contribution is 0.590. The summed E-state index contributed by atoms with van der Waals surface area (Å²) in [4.78, 5) is 9.91. The second-order valence-corrected chi connectivity index (χ2v) is 22.6. The fraction of sp³-hybridized carbons (Fsp3) is 0.111. The Kier molecular flexibility index (Phi) is 11.7. The molecule has 4 nitrogen and oxygen atoms in total. The zero-order valence-electron chi connectivity index (χ0n) is 44.7. The molecule has 0 aromatic heterocycles. The van der Waals surface area contributed by atoms with Gasteiger partial charge in [-0.2, -0.15) is 0 Å². The molecule has 2 aliphatic heterocycles. The van der Waals surface area contributed by atoms with Crippen LogP contribution < -0.4 is 36.0 Å². The molecular weight excluding hydrogens is 932 g/mol. The van der Waals surface area contributed by atoms with Crippen LogP contribution in [0.1, 0.15) is 52.7 Å². The summed E-state index contributed by atoms with van der Waals surface area (Å²) >= 11 is 0. The molecule has 0 bridgehead atoms. The van der Waals surface area contributed by atoms with E-state index in [0.29, 0.717) is 0 Å². The number of para-hydroxylation sites is 4. The van der Waals surface area contributed by atoms with Crippen molar-refractivity contribution in [3.05, 3.63) is 272 Å². The molecule has 0 fully saturated rings. The van der Waals surface area contributed by atoms with E-state index in [1.165, 1.54) is 55.1 Å². The van der Waals surface area contributed by atoms with E-state index in [1.807, 2.05) is 0 Å². The molecule has 0 aliphatic carbocycles. The van der Waals surface area contributed by atoms with E-state index in [0.717, 1.165) is 62.6 Å². The van der Waals surface area contributed by atoms with E-state index in [1.54, 1.807) is 0 Å². The predicted molar refractivity (Wildman–Crippen MR) is 330 cm³/mol. The van der Waals surface area contributed by atoms with Crippen molar-refractivity contribution in [2.75, 3.05) is 19.6 Å². The summed E-state index contributed by atoms with van der Waals surface area (Å²) in [6.45, 7) is 13.7. The lowest BCUT2D eigenvalue weighted by Crippen LogP contribution is -2.61. The largest absolute Gasteiger partial charge is 0.311 e. The average Bonchev–Trinajstić information content (AvgIpc) is 3.59. The number of rotatable bonds is 9. The van der Waals surface area contributed by atoms with Crippen molar-refractivity contribution in [2.24, 2.45) is 0 Å². The van der Waals surface area contributed by atoms with Gasteiger partial charge in [-0.15, -0.1) is 0 Å². The number of nitrogens with zero attached hydrogens (tertiary/aromatic N) is 4. The Morgan fingerprint density at radius 2 is 0.753 bits per heavy atom. The highest BCUT2D eigenvalue weighted by molar-refractivity contribution is 7.00. The maximum atomic E-state index is 2.60. The summed E-state index contributed by atoms with van der Waals surface area (Å²) in [5, 5.41) is 2.45.